The Morgan fingerprint density at radius 3 is 2.60 bits per heavy atom. The average molecular weight is 469 g/mol. The molecule has 2 aliphatic rings. The Hall–Kier alpha value is -3.86. The minimum absolute atomic E-state index is 0.416. The third-order valence-electron chi connectivity index (χ3n) is 6.86. The Kier molecular flexibility index (Phi) is 5.72. The summed E-state index contributed by atoms with van der Waals surface area (Å²) in [5, 5.41) is 20.8. The number of rotatable bonds is 4. The van der Waals surface area contributed by atoms with Gasteiger partial charge in [-0.3, -0.25) is 9.80 Å². The van der Waals surface area contributed by atoms with Gasteiger partial charge in [-0.25, -0.2) is 4.79 Å². The van der Waals surface area contributed by atoms with Gasteiger partial charge in [0.2, 0.25) is 0 Å². The van der Waals surface area contributed by atoms with Crippen LogP contribution in [0.25, 0.3) is 0 Å². The van der Waals surface area contributed by atoms with E-state index in [4.69, 9.17) is 10.5 Å². The van der Waals surface area contributed by atoms with E-state index in [1.165, 1.54) is 16.0 Å². The first kappa shape index (κ1) is 22.9. The number of carbonyl (C=O) groups is 1. The molecule has 0 saturated heterocycles. The van der Waals surface area contributed by atoms with Gasteiger partial charge in [-0.2, -0.15) is 5.26 Å². The summed E-state index contributed by atoms with van der Waals surface area (Å²) in [5.41, 5.74) is 10.1. The zero-order valence-electron chi connectivity index (χ0n) is 19.8. The van der Waals surface area contributed by atoms with Crippen LogP contribution in [0.15, 0.2) is 66.7 Å². The zero-order valence-corrected chi connectivity index (χ0v) is 19.8. The van der Waals surface area contributed by atoms with Crippen LogP contribution in [-0.4, -0.2) is 27.7 Å². The molecule has 7 heteroatoms. The number of primary amides is 1. The number of benzene rings is 3. The lowest BCUT2D eigenvalue weighted by molar-refractivity contribution is -0.0571. The van der Waals surface area contributed by atoms with Gasteiger partial charge in [0.15, 0.2) is 0 Å². The summed E-state index contributed by atoms with van der Waals surface area (Å²) in [7, 11) is 0. The number of aliphatic hydroxyl groups excluding tert-OH is 1. The number of anilines is 1. The number of carbonyl (C=O) groups excluding carboxylic acids is 1. The van der Waals surface area contributed by atoms with Crippen molar-refractivity contribution in [2.24, 2.45) is 5.73 Å². The number of urea groups is 1. The molecule has 178 valence electrons. The molecule has 0 radical (unpaired) electrons. The highest BCUT2D eigenvalue weighted by Gasteiger charge is 2.47. The first-order valence-corrected chi connectivity index (χ1v) is 11.6. The molecule has 5 rings (SSSR count). The molecule has 2 aliphatic heterocycles. The minimum Gasteiger partial charge on any atom is -0.485 e. The number of hydrogen-bond acceptors (Lipinski definition) is 5. The molecular weight excluding hydrogens is 440 g/mol. The second-order valence-electron chi connectivity index (χ2n) is 9.75. The third-order valence-corrected chi connectivity index (χ3v) is 6.86. The molecule has 0 aliphatic carbocycles. The number of nitrogens with two attached hydrogens (primary N) is 1. The topological polar surface area (TPSA) is 103 Å². The minimum atomic E-state index is -1.07. The molecule has 3 aromatic rings. The highest BCUT2D eigenvalue weighted by atomic mass is 16.5. The van der Waals surface area contributed by atoms with Gasteiger partial charge in [-0.1, -0.05) is 36.4 Å². The van der Waals surface area contributed by atoms with Crippen molar-refractivity contribution >= 4 is 11.7 Å². The molecule has 7 nitrogen and oxygen atoms in total. The predicted octanol–water partition coefficient (Wildman–Crippen LogP) is 4.23. The van der Waals surface area contributed by atoms with Gasteiger partial charge >= 0.3 is 6.03 Å². The largest absolute Gasteiger partial charge is 0.485 e. The van der Waals surface area contributed by atoms with Crippen molar-refractivity contribution in [3.63, 3.8) is 0 Å². The van der Waals surface area contributed by atoms with Crippen LogP contribution in [0, 0.1) is 11.3 Å². The molecule has 0 saturated carbocycles. The number of fused-ring (bicyclic) bond motifs is 2. The fourth-order valence-corrected chi connectivity index (χ4v) is 5.10. The van der Waals surface area contributed by atoms with Crippen molar-refractivity contribution in [3.05, 3.63) is 94.5 Å². The van der Waals surface area contributed by atoms with Gasteiger partial charge in [-0.05, 0) is 60.9 Å². The van der Waals surface area contributed by atoms with Crippen LogP contribution in [0.4, 0.5) is 10.5 Å². The van der Waals surface area contributed by atoms with Crippen LogP contribution in [0.5, 0.6) is 5.75 Å². The van der Waals surface area contributed by atoms with Crippen molar-refractivity contribution < 1.29 is 14.6 Å². The number of nitrogens with zero attached hydrogens (tertiary/aromatic N) is 3. The Balaban J connectivity index is 1.50. The molecule has 3 aromatic carbocycles. The highest BCUT2D eigenvalue weighted by Crippen LogP contribution is 2.45. The third kappa shape index (κ3) is 4.23. The molecule has 0 aromatic heterocycles. The molecule has 3 N–H and O–H groups in total. The summed E-state index contributed by atoms with van der Waals surface area (Å²) in [6.45, 7) is 5.95. The van der Waals surface area contributed by atoms with E-state index in [-0.39, 0.29) is 0 Å². The summed E-state index contributed by atoms with van der Waals surface area (Å²) >= 11 is 0. The molecular formula is C28H28N4O3. The van der Waals surface area contributed by atoms with Crippen LogP contribution in [0.3, 0.4) is 0 Å². The van der Waals surface area contributed by atoms with E-state index in [0.717, 1.165) is 25.2 Å². The molecule has 0 fully saturated rings. The molecule has 0 bridgehead atoms. The van der Waals surface area contributed by atoms with E-state index in [1.54, 1.807) is 32.0 Å². The molecule has 2 heterocycles. The SMILES string of the molecule is CC1(C)Oc2ccc(C#N)cc2C(N(C(N)=O)c2ccc3c(c2)CN(Cc2ccccc2)C3)C1O. The van der Waals surface area contributed by atoms with E-state index in [1.807, 2.05) is 36.4 Å². The summed E-state index contributed by atoms with van der Waals surface area (Å²) in [5.74, 6) is 0.519. The van der Waals surface area contributed by atoms with E-state index < -0.39 is 23.8 Å². The van der Waals surface area contributed by atoms with Crippen LogP contribution < -0.4 is 15.4 Å². The Morgan fingerprint density at radius 2 is 1.89 bits per heavy atom. The number of nitriles is 1. The highest BCUT2D eigenvalue weighted by molar-refractivity contribution is 5.92. The molecule has 0 spiro atoms. The van der Waals surface area contributed by atoms with Gasteiger partial charge in [0, 0.05) is 30.9 Å². The standard InChI is InChI=1S/C28H28N4O3/c1-28(2)26(33)25(23-12-19(14-29)8-11-24(23)35-28)32(27(30)34)22-10-9-20-16-31(17-21(20)13-22)15-18-6-4-3-5-7-18/h3-13,25-26,33H,15-17H2,1-2H3,(H2,30,34). The lowest BCUT2D eigenvalue weighted by Gasteiger charge is -2.45. The van der Waals surface area contributed by atoms with Crippen LogP contribution in [-0.2, 0) is 19.6 Å². The maximum atomic E-state index is 12.8. The van der Waals surface area contributed by atoms with Gasteiger partial charge in [0.1, 0.15) is 17.5 Å². The van der Waals surface area contributed by atoms with Crippen molar-refractivity contribution in [2.75, 3.05) is 4.90 Å². The maximum Gasteiger partial charge on any atom is 0.319 e. The van der Waals surface area contributed by atoms with Crippen molar-refractivity contribution in [1.82, 2.24) is 4.90 Å². The summed E-state index contributed by atoms with van der Waals surface area (Å²) < 4.78 is 6.03. The van der Waals surface area contributed by atoms with Gasteiger partial charge in [0.25, 0.3) is 0 Å². The predicted molar refractivity (Wildman–Crippen MR) is 133 cm³/mol. The fraction of sp³-hybridized carbons (Fsp3) is 0.286. The van der Waals surface area contributed by atoms with Gasteiger partial charge in [0.05, 0.1) is 17.7 Å². The summed E-state index contributed by atoms with van der Waals surface area (Å²) in [6.07, 6.45) is -1.07. The first-order valence-electron chi connectivity index (χ1n) is 11.6. The van der Waals surface area contributed by atoms with E-state index in [9.17, 15) is 15.2 Å². The number of hydrogen-bond donors (Lipinski definition) is 2. The second-order valence-corrected chi connectivity index (χ2v) is 9.75. The van der Waals surface area contributed by atoms with E-state index >= 15 is 0 Å². The Morgan fingerprint density at radius 1 is 1.14 bits per heavy atom. The van der Waals surface area contributed by atoms with Crippen LogP contribution in [0.2, 0.25) is 0 Å². The molecule has 2 unspecified atom stereocenters. The van der Waals surface area contributed by atoms with E-state index in [2.05, 4.69) is 23.1 Å². The van der Waals surface area contributed by atoms with Crippen LogP contribution in [0.1, 0.15) is 47.7 Å². The number of amides is 2. The Labute approximate surface area is 205 Å². The number of aliphatic hydroxyl groups is 1. The van der Waals surface area contributed by atoms with Crippen molar-refractivity contribution in [2.45, 2.75) is 51.2 Å². The van der Waals surface area contributed by atoms with Gasteiger partial charge in [-0.15, -0.1) is 0 Å². The summed E-state index contributed by atoms with van der Waals surface area (Å²) in [6, 6.07) is 21.9. The molecule has 2 amide bonds. The second kappa shape index (κ2) is 8.73. The normalized spacial score (nSPS) is 20.3. The van der Waals surface area contributed by atoms with Gasteiger partial charge < -0.3 is 15.6 Å². The lowest BCUT2D eigenvalue weighted by Crippen LogP contribution is -2.56. The fourth-order valence-electron chi connectivity index (χ4n) is 5.10. The number of ether oxygens (including phenoxy) is 1. The monoisotopic (exact) mass is 468 g/mol. The summed E-state index contributed by atoms with van der Waals surface area (Å²) in [4.78, 5) is 16.6. The average Bonchev–Trinajstić information content (AvgIpc) is 3.23. The van der Waals surface area contributed by atoms with Crippen LogP contribution >= 0.6 is 0 Å². The maximum absolute atomic E-state index is 12.8. The molecule has 35 heavy (non-hydrogen) atoms. The zero-order chi connectivity index (χ0) is 24.7. The first-order chi connectivity index (χ1) is 16.8. The van der Waals surface area contributed by atoms with Crippen molar-refractivity contribution in [1.29, 1.82) is 5.26 Å². The van der Waals surface area contributed by atoms with Crippen molar-refractivity contribution in [3.8, 4) is 11.8 Å². The van der Waals surface area contributed by atoms with E-state index in [0.29, 0.717) is 22.6 Å². The lowest BCUT2D eigenvalue weighted by atomic mass is 9.84. The molecule has 2 atom stereocenters. The quantitative estimate of drug-likeness (QED) is 0.596. The smallest absolute Gasteiger partial charge is 0.319 e. The Bertz CT molecular complexity index is 1320.